The Morgan fingerprint density at radius 3 is 2.65 bits per heavy atom. The molecule has 0 aliphatic heterocycles. The molecule has 0 aliphatic carbocycles. The second-order valence-electron chi connectivity index (χ2n) is 3.79. The number of aryl methyl sites for hydroxylation is 1. The lowest BCUT2D eigenvalue weighted by molar-refractivity contribution is -0.168. The predicted octanol–water partition coefficient (Wildman–Crippen LogP) is 3.05. The third-order valence-corrected chi connectivity index (χ3v) is 3.09. The second-order valence-corrected chi connectivity index (χ2v) is 5.08. The minimum absolute atomic E-state index is 0.0797. The molecule has 0 radical (unpaired) electrons. The van der Waals surface area contributed by atoms with Crippen molar-refractivity contribution in [3.05, 3.63) is 15.6 Å². The van der Waals surface area contributed by atoms with E-state index in [1.54, 1.807) is 13.8 Å². The van der Waals surface area contributed by atoms with Crippen molar-refractivity contribution in [2.45, 2.75) is 32.8 Å². The molecule has 114 valence electrons. The lowest BCUT2D eigenvalue weighted by Crippen LogP contribution is -2.32. The maximum absolute atomic E-state index is 12.6. The molecule has 9 heteroatoms. The second kappa shape index (κ2) is 6.98. The number of thiazole rings is 1. The fraction of sp³-hybridized carbons (Fsp3) is 0.636. The van der Waals surface area contributed by atoms with Gasteiger partial charge in [0.05, 0.1) is 13.2 Å². The molecule has 0 aliphatic rings. The third-order valence-electron chi connectivity index (χ3n) is 2.15. The predicted molar refractivity (Wildman–Crippen MR) is 63.4 cm³/mol. The Balaban J connectivity index is 2.58. The van der Waals surface area contributed by atoms with Gasteiger partial charge in [0.2, 0.25) is 0 Å². The molecule has 1 rings (SSSR count). The summed E-state index contributed by atoms with van der Waals surface area (Å²) in [5.74, 6) is -4.82. The SMILES string of the molecule is CCOC(=O)c1nc(COCC(F)(F)C(F)F)sc1C. The maximum Gasteiger partial charge on any atom is 0.358 e. The highest BCUT2D eigenvalue weighted by Gasteiger charge is 2.41. The molecule has 0 unspecified atom stereocenters. The fourth-order valence-electron chi connectivity index (χ4n) is 1.24. The molecule has 0 amide bonds. The van der Waals surface area contributed by atoms with Crippen LogP contribution in [0.5, 0.6) is 0 Å². The highest BCUT2D eigenvalue weighted by molar-refractivity contribution is 7.11. The number of hydrogen-bond acceptors (Lipinski definition) is 5. The third kappa shape index (κ3) is 4.41. The van der Waals surface area contributed by atoms with Crippen LogP contribution in [0.4, 0.5) is 17.6 Å². The fourth-order valence-corrected chi connectivity index (χ4v) is 2.10. The van der Waals surface area contributed by atoms with Crippen LogP contribution >= 0.6 is 11.3 Å². The highest BCUT2D eigenvalue weighted by atomic mass is 32.1. The Morgan fingerprint density at radius 1 is 1.45 bits per heavy atom. The summed E-state index contributed by atoms with van der Waals surface area (Å²) in [6, 6.07) is 0. The molecule has 0 saturated carbocycles. The van der Waals surface area contributed by atoms with Gasteiger partial charge in [0, 0.05) is 4.88 Å². The monoisotopic (exact) mass is 315 g/mol. The number of alkyl halides is 4. The normalized spacial score (nSPS) is 11.9. The number of carbonyl (C=O) groups is 1. The number of ether oxygens (including phenoxy) is 2. The molecular weight excluding hydrogens is 302 g/mol. The molecule has 0 aromatic carbocycles. The van der Waals surface area contributed by atoms with E-state index in [0.717, 1.165) is 11.3 Å². The Labute approximate surface area is 116 Å². The topological polar surface area (TPSA) is 48.4 Å². The van der Waals surface area contributed by atoms with E-state index in [9.17, 15) is 22.4 Å². The van der Waals surface area contributed by atoms with Crippen LogP contribution in [-0.4, -0.2) is 36.5 Å². The molecule has 1 aromatic heterocycles. The number of carbonyl (C=O) groups excluding carboxylic acids is 1. The Morgan fingerprint density at radius 2 is 2.10 bits per heavy atom. The molecular formula is C11H13F4NO3S. The van der Waals surface area contributed by atoms with Gasteiger partial charge in [-0.3, -0.25) is 0 Å². The van der Waals surface area contributed by atoms with E-state index in [0.29, 0.717) is 4.88 Å². The molecule has 4 nitrogen and oxygen atoms in total. The van der Waals surface area contributed by atoms with Crippen molar-refractivity contribution in [1.82, 2.24) is 4.98 Å². The number of nitrogens with zero attached hydrogens (tertiary/aromatic N) is 1. The Kier molecular flexibility index (Phi) is 5.88. The van der Waals surface area contributed by atoms with Crippen molar-refractivity contribution < 1.29 is 31.8 Å². The lowest BCUT2D eigenvalue weighted by atomic mass is 10.4. The van der Waals surface area contributed by atoms with E-state index in [4.69, 9.17) is 4.74 Å². The minimum Gasteiger partial charge on any atom is -0.461 e. The van der Waals surface area contributed by atoms with E-state index in [1.807, 2.05) is 0 Å². The summed E-state index contributed by atoms with van der Waals surface area (Å²) in [5.41, 5.74) is 0.0797. The van der Waals surface area contributed by atoms with E-state index in [2.05, 4.69) is 9.72 Å². The molecule has 0 saturated heterocycles. The molecule has 1 aromatic rings. The molecule has 0 atom stereocenters. The summed E-state index contributed by atoms with van der Waals surface area (Å²) in [4.78, 5) is 15.9. The van der Waals surface area contributed by atoms with Gasteiger partial charge in [-0.05, 0) is 13.8 Å². The number of esters is 1. The Hall–Kier alpha value is -1.22. The average molecular weight is 315 g/mol. The lowest BCUT2D eigenvalue weighted by Gasteiger charge is -2.14. The number of rotatable bonds is 7. The molecule has 0 bridgehead atoms. The summed E-state index contributed by atoms with van der Waals surface area (Å²) in [6.07, 6.45) is -3.78. The first-order valence-corrected chi connectivity index (χ1v) is 6.46. The van der Waals surface area contributed by atoms with Gasteiger partial charge in [0.15, 0.2) is 5.69 Å². The van der Waals surface area contributed by atoms with Crippen LogP contribution in [0, 0.1) is 6.92 Å². The average Bonchev–Trinajstić information content (AvgIpc) is 2.70. The molecule has 20 heavy (non-hydrogen) atoms. The van der Waals surface area contributed by atoms with E-state index >= 15 is 0 Å². The summed E-state index contributed by atoms with van der Waals surface area (Å²) >= 11 is 1.06. The van der Waals surface area contributed by atoms with Gasteiger partial charge in [-0.15, -0.1) is 11.3 Å². The van der Waals surface area contributed by atoms with Crippen molar-refractivity contribution in [1.29, 1.82) is 0 Å². The van der Waals surface area contributed by atoms with Crippen LogP contribution in [0.25, 0.3) is 0 Å². The summed E-state index contributed by atoms with van der Waals surface area (Å²) in [7, 11) is 0. The maximum atomic E-state index is 12.6. The van der Waals surface area contributed by atoms with E-state index < -0.39 is 24.9 Å². The number of halogens is 4. The first-order chi connectivity index (χ1) is 9.27. The number of aromatic nitrogens is 1. The zero-order chi connectivity index (χ0) is 15.3. The van der Waals surface area contributed by atoms with Gasteiger partial charge >= 0.3 is 18.3 Å². The Bertz CT molecular complexity index is 465. The quantitative estimate of drug-likeness (QED) is 0.573. The van der Waals surface area contributed by atoms with Gasteiger partial charge in [-0.1, -0.05) is 0 Å². The van der Waals surface area contributed by atoms with Crippen LogP contribution in [-0.2, 0) is 16.1 Å². The van der Waals surface area contributed by atoms with Crippen molar-refractivity contribution in [3.63, 3.8) is 0 Å². The van der Waals surface area contributed by atoms with Crippen molar-refractivity contribution in [2.24, 2.45) is 0 Å². The van der Waals surface area contributed by atoms with E-state index in [-0.39, 0.29) is 23.9 Å². The zero-order valence-electron chi connectivity index (χ0n) is 10.8. The van der Waals surface area contributed by atoms with Crippen LogP contribution in [0.15, 0.2) is 0 Å². The summed E-state index contributed by atoms with van der Waals surface area (Å²) < 4.78 is 58.3. The van der Waals surface area contributed by atoms with Gasteiger partial charge in [-0.2, -0.15) is 8.78 Å². The van der Waals surface area contributed by atoms with Crippen molar-refractivity contribution in [2.75, 3.05) is 13.2 Å². The molecule has 0 fully saturated rings. The van der Waals surface area contributed by atoms with Gasteiger partial charge in [0.25, 0.3) is 0 Å². The minimum atomic E-state index is -4.20. The number of hydrogen-bond donors (Lipinski definition) is 0. The standard InChI is InChI=1S/C11H13F4NO3S/c1-3-19-9(17)8-6(2)20-7(16-8)4-18-5-11(14,15)10(12)13/h10H,3-5H2,1-2H3. The molecule has 1 heterocycles. The summed E-state index contributed by atoms with van der Waals surface area (Å²) in [5, 5.41) is 0.246. The zero-order valence-corrected chi connectivity index (χ0v) is 11.6. The largest absolute Gasteiger partial charge is 0.461 e. The van der Waals surface area contributed by atoms with Crippen molar-refractivity contribution in [3.8, 4) is 0 Å². The summed E-state index contributed by atoms with van der Waals surface area (Å²) in [6.45, 7) is 1.66. The van der Waals surface area contributed by atoms with Crippen LogP contribution in [0.1, 0.15) is 27.3 Å². The van der Waals surface area contributed by atoms with Crippen LogP contribution in [0.2, 0.25) is 0 Å². The van der Waals surface area contributed by atoms with Gasteiger partial charge in [-0.25, -0.2) is 18.6 Å². The van der Waals surface area contributed by atoms with E-state index in [1.165, 1.54) is 0 Å². The van der Waals surface area contributed by atoms with Gasteiger partial charge < -0.3 is 9.47 Å². The smallest absolute Gasteiger partial charge is 0.358 e. The highest BCUT2D eigenvalue weighted by Crippen LogP contribution is 2.24. The molecule has 0 N–H and O–H groups in total. The van der Waals surface area contributed by atoms with Crippen LogP contribution < -0.4 is 0 Å². The first kappa shape index (κ1) is 16.8. The van der Waals surface area contributed by atoms with Crippen LogP contribution in [0.3, 0.4) is 0 Å². The van der Waals surface area contributed by atoms with Crippen molar-refractivity contribution >= 4 is 17.3 Å². The molecule has 0 spiro atoms. The first-order valence-electron chi connectivity index (χ1n) is 5.65. The van der Waals surface area contributed by atoms with Gasteiger partial charge in [0.1, 0.15) is 11.6 Å².